The lowest BCUT2D eigenvalue weighted by atomic mass is 9.45. The Hall–Kier alpha value is -2.12. The predicted octanol–water partition coefficient (Wildman–Crippen LogP) is 3.76. The van der Waals surface area contributed by atoms with Gasteiger partial charge in [0.15, 0.2) is 11.6 Å². The lowest BCUT2D eigenvalue weighted by Gasteiger charge is -2.60. The van der Waals surface area contributed by atoms with E-state index in [4.69, 9.17) is 5.73 Å². The molecule has 6 rings (SSSR count). The topological polar surface area (TPSA) is 121 Å². The number of hydrogen-bond acceptors (Lipinski definition) is 6. The van der Waals surface area contributed by atoms with Crippen LogP contribution in [0.25, 0.3) is 5.57 Å². The molecule has 0 aromatic heterocycles. The molecule has 6 nitrogen and oxygen atoms in total. The van der Waals surface area contributed by atoms with Crippen LogP contribution in [-0.2, 0) is 16.0 Å². The highest BCUT2D eigenvalue weighted by Gasteiger charge is 2.68. The number of carbonyl (C=O) groups is 2. The molecule has 0 amide bonds. The number of allylic oxidation sites excluding steroid dienone is 2. The molecule has 1 aromatic carbocycles. The molecular formula is C32H43NO5. The van der Waals surface area contributed by atoms with Gasteiger partial charge in [-0.15, -0.1) is 0 Å². The maximum atomic E-state index is 12.4. The standard InChI is InChI=1S/C21H30O5.C11H13N/c1-19-7-5-13(23)9-12(19)3-4-14-15-6-8-21(26,17(25)11-22)20(15,2)10-16(24)18(14)19;12-8-10-6-3-5-9-4-1-2-7-11(9)10/h9,14-16,18,22,24,26H,3-8,10-11H2,1-2H3;1-2,4,6-7H,3,5,8,12H2/t14-,15-,16-,18+,19-,20-,21-;/m0./s1. The lowest BCUT2D eigenvalue weighted by Crippen LogP contribution is -2.62. The molecule has 6 heteroatoms. The number of carbonyl (C=O) groups excluding carboxylic acids is 2. The normalized spacial score (nSPS) is 39.4. The van der Waals surface area contributed by atoms with Gasteiger partial charge in [-0.05, 0) is 97.3 Å². The summed E-state index contributed by atoms with van der Waals surface area (Å²) in [5.41, 5.74) is 8.52. The van der Waals surface area contributed by atoms with Crippen molar-refractivity contribution in [3.63, 3.8) is 0 Å². The first-order chi connectivity index (χ1) is 18.1. The molecule has 3 fully saturated rings. The third kappa shape index (κ3) is 4.16. The largest absolute Gasteiger partial charge is 0.393 e. The molecule has 0 unspecified atom stereocenters. The smallest absolute Gasteiger partial charge is 0.190 e. The van der Waals surface area contributed by atoms with Gasteiger partial charge in [0.25, 0.3) is 0 Å². The summed E-state index contributed by atoms with van der Waals surface area (Å²) in [7, 11) is 0. The van der Waals surface area contributed by atoms with E-state index in [9.17, 15) is 24.9 Å². The molecule has 0 bridgehead atoms. The number of ketones is 2. The molecule has 0 saturated heterocycles. The highest BCUT2D eigenvalue weighted by Crippen LogP contribution is 2.67. The zero-order valence-corrected chi connectivity index (χ0v) is 22.8. The maximum Gasteiger partial charge on any atom is 0.190 e. The van der Waals surface area contributed by atoms with Crippen molar-refractivity contribution >= 4 is 17.1 Å². The average molecular weight is 522 g/mol. The Morgan fingerprint density at radius 1 is 1.11 bits per heavy atom. The van der Waals surface area contributed by atoms with Crippen LogP contribution in [0.2, 0.25) is 0 Å². The van der Waals surface area contributed by atoms with Crippen molar-refractivity contribution in [3.8, 4) is 0 Å². The van der Waals surface area contributed by atoms with Gasteiger partial charge in [0, 0.05) is 18.4 Å². The monoisotopic (exact) mass is 521 g/mol. The number of Topliss-reactive ketones (excluding diaryl/α,β-unsaturated/α-hetero) is 1. The van der Waals surface area contributed by atoms with Crippen LogP contribution in [0.4, 0.5) is 0 Å². The zero-order valence-electron chi connectivity index (χ0n) is 22.8. The molecule has 3 saturated carbocycles. The number of hydrogen-bond donors (Lipinski definition) is 4. The number of fused-ring (bicyclic) bond motifs is 6. The fourth-order valence-electron chi connectivity index (χ4n) is 9.04. The van der Waals surface area contributed by atoms with Crippen molar-refractivity contribution in [1.29, 1.82) is 0 Å². The Labute approximate surface area is 226 Å². The molecule has 5 aliphatic rings. The number of benzene rings is 1. The second-order valence-corrected chi connectivity index (χ2v) is 12.7. The van der Waals surface area contributed by atoms with Crippen LogP contribution in [0.15, 0.2) is 42.0 Å². The Bertz CT molecular complexity index is 1170. The number of aryl methyl sites for hydroxylation is 1. The second-order valence-electron chi connectivity index (χ2n) is 12.7. The summed E-state index contributed by atoms with van der Waals surface area (Å²) in [6.07, 6.45) is 10.3. The van der Waals surface area contributed by atoms with Gasteiger partial charge in [0.1, 0.15) is 12.2 Å². The summed E-state index contributed by atoms with van der Waals surface area (Å²) in [6.45, 7) is 4.12. The second kappa shape index (κ2) is 10.1. The van der Waals surface area contributed by atoms with Crippen molar-refractivity contribution in [1.82, 2.24) is 0 Å². The first kappa shape index (κ1) is 27.4. The van der Waals surface area contributed by atoms with Gasteiger partial charge >= 0.3 is 0 Å². The van der Waals surface area contributed by atoms with Gasteiger partial charge in [-0.3, -0.25) is 9.59 Å². The van der Waals surface area contributed by atoms with Gasteiger partial charge in [0.2, 0.25) is 0 Å². The number of rotatable bonds is 3. The molecule has 1 aromatic rings. The van der Waals surface area contributed by atoms with E-state index in [1.54, 1.807) is 6.08 Å². The molecule has 38 heavy (non-hydrogen) atoms. The minimum absolute atomic E-state index is 0.0697. The number of nitrogens with two attached hydrogens (primary N) is 1. The van der Waals surface area contributed by atoms with Crippen molar-refractivity contribution in [2.24, 2.45) is 34.3 Å². The fourth-order valence-corrected chi connectivity index (χ4v) is 9.04. The Balaban J connectivity index is 0.000000204. The molecule has 0 spiro atoms. The molecule has 5 aliphatic carbocycles. The van der Waals surface area contributed by atoms with Crippen LogP contribution in [-0.4, -0.2) is 51.7 Å². The highest BCUT2D eigenvalue weighted by atomic mass is 16.3. The van der Waals surface area contributed by atoms with Crippen LogP contribution in [0.3, 0.4) is 0 Å². The van der Waals surface area contributed by atoms with Crippen molar-refractivity contribution < 1.29 is 24.9 Å². The summed E-state index contributed by atoms with van der Waals surface area (Å²) in [4.78, 5) is 24.3. The third-order valence-electron chi connectivity index (χ3n) is 11.0. The van der Waals surface area contributed by atoms with E-state index in [0.29, 0.717) is 25.8 Å². The maximum absolute atomic E-state index is 12.4. The van der Waals surface area contributed by atoms with Gasteiger partial charge < -0.3 is 21.1 Å². The number of aliphatic hydroxyl groups excluding tert-OH is 2. The van der Waals surface area contributed by atoms with Gasteiger partial charge in [-0.25, -0.2) is 0 Å². The summed E-state index contributed by atoms with van der Waals surface area (Å²) >= 11 is 0. The van der Waals surface area contributed by atoms with E-state index >= 15 is 0 Å². The van der Waals surface area contributed by atoms with Crippen LogP contribution in [0.1, 0.15) is 76.3 Å². The summed E-state index contributed by atoms with van der Waals surface area (Å²) in [5.74, 6) is 0.140. The van der Waals surface area contributed by atoms with Crippen molar-refractivity contribution in [2.45, 2.75) is 83.3 Å². The third-order valence-corrected chi connectivity index (χ3v) is 11.0. The van der Waals surface area contributed by atoms with Crippen LogP contribution in [0, 0.1) is 28.6 Å². The SMILES string of the molecule is C[C@]12CCC(=O)C=C1CC[C@@H]1[C@@H]2[C@@H](O)C[C@@]2(C)[C@H]1CC[C@]2(O)C(=O)CO.NCC1=CCCc2ccccc21. The van der Waals surface area contributed by atoms with Gasteiger partial charge in [0.05, 0.1) is 6.10 Å². The molecule has 0 heterocycles. The minimum Gasteiger partial charge on any atom is -0.393 e. The number of aliphatic hydroxyl groups is 3. The van der Waals surface area contributed by atoms with Crippen molar-refractivity contribution in [3.05, 3.63) is 53.1 Å². The fraction of sp³-hybridized carbons (Fsp3) is 0.625. The van der Waals surface area contributed by atoms with E-state index in [0.717, 1.165) is 32.1 Å². The molecule has 206 valence electrons. The van der Waals surface area contributed by atoms with E-state index < -0.39 is 29.5 Å². The van der Waals surface area contributed by atoms with E-state index in [2.05, 4.69) is 37.3 Å². The molecule has 7 atom stereocenters. The van der Waals surface area contributed by atoms with E-state index in [-0.39, 0.29) is 29.0 Å². The lowest BCUT2D eigenvalue weighted by molar-refractivity contribution is -0.182. The molecular weight excluding hydrogens is 478 g/mol. The first-order valence-corrected chi connectivity index (χ1v) is 14.3. The van der Waals surface area contributed by atoms with Crippen LogP contribution >= 0.6 is 0 Å². The Morgan fingerprint density at radius 3 is 2.61 bits per heavy atom. The predicted molar refractivity (Wildman–Crippen MR) is 147 cm³/mol. The summed E-state index contributed by atoms with van der Waals surface area (Å²) < 4.78 is 0. The minimum atomic E-state index is -1.54. The highest BCUT2D eigenvalue weighted by molar-refractivity contribution is 5.92. The molecule has 0 aliphatic heterocycles. The van der Waals surface area contributed by atoms with Crippen LogP contribution < -0.4 is 5.73 Å². The van der Waals surface area contributed by atoms with Gasteiger partial charge in [-0.2, -0.15) is 0 Å². The first-order valence-electron chi connectivity index (χ1n) is 14.3. The van der Waals surface area contributed by atoms with Crippen molar-refractivity contribution in [2.75, 3.05) is 13.2 Å². The Kier molecular flexibility index (Phi) is 7.31. The summed E-state index contributed by atoms with van der Waals surface area (Å²) in [5, 5.41) is 31.7. The van der Waals surface area contributed by atoms with Gasteiger partial charge in [-0.1, -0.05) is 49.8 Å². The molecule has 0 radical (unpaired) electrons. The zero-order chi connectivity index (χ0) is 27.3. The van der Waals surface area contributed by atoms with E-state index in [1.165, 1.54) is 28.7 Å². The summed E-state index contributed by atoms with van der Waals surface area (Å²) in [6, 6.07) is 8.52. The molecule has 5 N–H and O–H groups in total. The van der Waals surface area contributed by atoms with Crippen LogP contribution in [0.5, 0.6) is 0 Å². The average Bonchev–Trinajstić information content (AvgIpc) is 3.19. The quantitative estimate of drug-likeness (QED) is 0.481. The Morgan fingerprint density at radius 2 is 1.87 bits per heavy atom. The van der Waals surface area contributed by atoms with E-state index in [1.807, 2.05) is 6.92 Å².